The van der Waals surface area contributed by atoms with Gasteiger partial charge in [-0.15, -0.1) is 0 Å². The molecule has 11 heteroatoms. The fourth-order valence-corrected chi connectivity index (χ4v) is 2.72. The van der Waals surface area contributed by atoms with Gasteiger partial charge in [0.05, 0.1) is 6.61 Å². The molecule has 5 atom stereocenters. The van der Waals surface area contributed by atoms with Crippen LogP contribution in [0.3, 0.4) is 0 Å². The Labute approximate surface area is 109 Å². The highest BCUT2D eigenvalue weighted by Gasteiger charge is 2.62. The Hall–Kier alpha value is -0.820. The van der Waals surface area contributed by atoms with E-state index in [1.54, 1.807) is 0 Å². The smallest absolute Gasteiger partial charge is 0.300 e. The van der Waals surface area contributed by atoms with E-state index >= 15 is 0 Å². The van der Waals surface area contributed by atoms with E-state index in [-0.39, 0.29) is 0 Å². The number of amides is 1. The summed E-state index contributed by atoms with van der Waals surface area (Å²) in [4.78, 5) is 7.71. The summed E-state index contributed by atoms with van der Waals surface area (Å²) in [6.07, 6.45) is -6.16. The highest BCUT2D eigenvalue weighted by Crippen LogP contribution is 2.33. The van der Waals surface area contributed by atoms with Gasteiger partial charge < -0.3 is 30.5 Å². The first-order valence-corrected chi connectivity index (χ1v) is 6.54. The number of aliphatic hydroxyl groups is 4. The van der Waals surface area contributed by atoms with Crippen LogP contribution in [-0.4, -0.2) is 75.4 Å². The maximum absolute atomic E-state index is 11.6. The van der Waals surface area contributed by atoms with E-state index in [1.807, 2.05) is 5.32 Å². The molecule has 0 spiro atoms. The number of hydrogen-bond acceptors (Lipinski definition) is 9. The molecule has 0 saturated carbocycles. The molecule has 1 unspecified atom stereocenters. The second kappa shape index (κ2) is 5.28. The second-order valence-electron chi connectivity index (χ2n) is 4.07. The third-order valence-corrected chi connectivity index (χ3v) is 4.08. The van der Waals surface area contributed by atoms with E-state index in [4.69, 9.17) is 6.54 Å². The minimum Gasteiger partial charge on any atom is -0.394 e. The summed E-state index contributed by atoms with van der Waals surface area (Å²) in [6, 6.07) is -1.70. The van der Waals surface area contributed by atoms with E-state index in [2.05, 4.69) is 9.29 Å². The lowest BCUT2D eigenvalue weighted by Crippen LogP contribution is -2.73. The third-order valence-electron chi connectivity index (χ3n) is 2.77. The van der Waals surface area contributed by atoms with Crippen LogP contribution in [0.4, 0.5) is 0 Å². The first-order chi connectivity index (χ1) is 9.11. The Bertz CT molecular complexity index is 471. The summed E-state index contributed by atoms with van der Waals surface area (Å²) in [7, 11) is -5.10. The average Bonchev–Trinajstić information content (AvgIpc) is 2.38. The third kappa shape index (κ3) is 2.72. The Kier molecular flexibility index (Phi) is 4.06. The quantitative estimate of drug-likeness (QED) is 0.284. The van der Waals surface area contributed by atoms with Crippen molar-refractivity contribution in [3.63, 3.8) is 0 Å². The molecule has 0 aromatic carbocycles. The Morgan fingerprint density at radius 1 is 1.53 bits per heavy atom. The standard InChI is InChI=1S/C8H15NO9S/c1-3(11)9-5-6(12)8(14,19(15,16)17)4(2-10)18-7(5)13/h4-7,10,12-14H,2H2,1H3,(H,9,11)(H,15,16,17)/t4-,5-,6-,7?,8-/m1/s1/i/hD. The van der Waals surface area contributed by atoms with Crippen molar-refractivity contribution in [3.05, 3.63) is 0 Å². The fraction of sp³-hybridized carbons (Fsp3) is 0.875. The van der Waals surface area contributed by atoms with Crippen molar-refractivity contribution in [3.8, 4) is 0 Å². The monoisotopic (exact) mass is 302 g/mol. The highest BCUT2D eigenvalue weighted by molar-refractivity contribution is 7.87. The van der Waals surface area contributed by atoms with Crippen molar-refractivity contribution in [2.75, 3.05) is 6.61 Å². The van der Waals surface area contributed by atoms with Crippen LogP contribution in [0.1, 0.15) is 6.92 Å². The number of hydrogen-bond donors (Lipinski definition) is 6. The van der Waals surface area contributed by atoms with Crippen molar-refractivity contribution in [2.45, 2.75) is 36.4 Å². The molecular weight excluding hydrogens is 286 g/mol. The first-order valence-electron chi connectivity index (χ1n) is 5.54. The average molecular weight is 302 g/mol. The fourth-order valence-electron chi connectivity index (χ4n) is 1.82. The van der Waals surface area contributed by atoms with Crippen molar-refractivity contribution in [1.82, 2.24) is 5.32 Å². The molecule has 1 aliphatic rings. The maximum Gasteiger partial charge on any atom is 0.300 e. The van der Waals surface area contributed by atoms with Crippen LogP contribution in [0.15, 0.2) is 0 Å². The molecule has 1 rings (SSSR count). The molecule has 112 valence electrons. The molecule has 0 bridgehead atoms. The van der Waals surface area contributed by atoms with Crippen LogP contribution in [0.5, 0.6) is 0 Å². The Morgan fingerprint density at radius 2 is 2.11 bits per heavy atom. The number of rotatable bonds is 4. The minimum absolute atomic E-state index is 0.745. The van der Waals surface area contributed by atoms with Gasteiger partial charge in [0.25, 0.3) is 0 Å². The van der Waals surface area contributed by atoms with Gasteiger partial charge in [0.15, 0.2) is 6.29 Å². The summed E-state index contributed by atoms with van der Waals surface area (Å²) in [6.45, 7) is -0.0773. The number of nitrogens with one attached hydrogen (secondary N) is 1. The summed E-state index contributed by atoms with van der Waals surface area (Å²) in [5.41, 5.74) is 0. The van der Waals surface area contributed by atoms with Gasteiger partial charge in [-0.25, -0.2) is 0 Å². The van der Waals surface area contributed by atoms with Gasteiger partial charge in [-0.3, -0.25) is 9.35 Å². The zero-order chi connectivity index (χ0) is 15.7. The largest absolute Gasteiger partial charge is 0.394 e. The molecule has 1 saturated heterocycles. The molecule has 19 heavy (non-hydrogen) atoms. The van der Waals surface area contributed by atoms with Gasteiger partial charge in [0.2, 0.25) is 12.3 Å². The van der Waals surface area contributed by atoms with Gasteiger partial charge in [-0.05, 0) is 0 Å². The van der Waals surface area contributed by atoms with Crippen molar-refractivity contribution >= 4 is 16.0 Å². The van der Waals surface area contributed by atoms with Crippen LogP contribution in [0, 0.1) is 0 Å². The second-order valence-corrected chi connectivity index (χ2v) is 5.64. The molecule has 1 amide bonds. The van der Waals surface area contributed by atoms with Crippen LogP contribution < -0.4 is 5.32 Å². The number of carbonyl (C=O) groups is 1. The molecule has 0 radical (unpaired) electrons. The van der Waals surface area contributed by atoms with Crippen LogP contribution in [0.25, 0.3) is 1.43 Å². The normalized spacial score (nSPS) is 40.6. The van der Waals surface area contributed by atoms with Gasteiger partial charge in [0.1, 0.15) is 18.2 Å². The van der Waals surface area contributed by atoms with Gasteiger partial charge in [-0.1, -0.05) is 0 Å². The van der Waals surface area contributed by atoms with E-state index in [0.29, 0.717) is 0 Å². The molecule has 0 aromatic rings. The van der Waals surface area contributed by atoms with E-state index in [1.165, 1.54) is 0 Å². The lowest BCUT2D eigenvalue weighted by atomic mass is 9.96. The summed E-state index contributed by atoms with van der Waals surface area (Å²) >= 11 is 0. The number of carbonyl (C=O) groups excluding carboxylic acids is 1. The van der Waals surface area contributed by atoms with Gasteiger partial charge in [0, 0.05) is 6.92 Å². The maximum atomic E-state index is 11.6. The molecule has 10 nitrogen and oxygen atoms in total. The number of ether oxygens (including phenoxy) is 1. The van der Waals surface area contributed by atoms with Crippen molar-refractivity contribution in [1.29, 1.82) is 1.43 Å². The molecule has 1 aliphatic heterocycles. The summed E-state index contributed by atoms with van der Waals surface area (Å²) in [5.74, 6) is -0.745. The molecule has 0 aromatic heterocycles. The molecular formula is C8H15NO9S. The molecule has 0 aliphatic carbocycles. The summed E-state index contributed by atoms with van der Waals surface area (Å²) in [5, 5.41) is 40.6. The summed E-state index contributed by atoms with van der Waals surface area (Å²) < 4.78 is 37.7. The molecule has 1 fully saturated rings. The zero-order valence-corrected chi connectivity index (χ0v) is 10.6. The molecule has 1 heterocycles. The SMILES string of the molecule is [2H]OS(=O)(=O)[C@@]1(O)[C@H](O)[C@@H](NC(C)=O)C(O)O[C@@H]1CO. The zero-order valence-electron chi connectivity index (χ0n) is 10.8. The predicted molar refractivity (Wildman–Crippen MR) is 58.1 cm³/mol. The van der Waals surface area contributed by atoms with E-state index in [9.17, 15) is 28.5 Å². The van der Waals surface area contributed by atoms with E-state index in [0.717, 1.165) is 6.92 Å². The first kappa shape index (κ1) is 14.6. The lowest BCUT2D eigenvalue weighted by Gasteiger charge is -2.45. The van der Waals surface area contributed by atoms with Crippen LogP contribution >= 0.6 is 0 Å². The predicted octanol–water partition coefficient (Wildman–Crippen LogP) is -3.86. The van der Waals surface area contributed by atoms with Crippen LogP contribution in [0.2, 0.25) is 0 Å². The Balaban J connectivity index is 3.27. The van der Waals surface area contributed by atoms with Gasteiger partial charge in [-0.2, -0.15) is 8.42 Å². The van der Waals surface area contributed by atoms with Crippen molar-refractivity contribution in [2.24, 2.45) is 0 Å². The Morgan fingerprint density at radius 3 is 2.53 bits per heavy atom. The molecule has 6 N–H and O–H groups in total. The van der Waals surface area contributed by atoms with Crippen LogP contribution in [-0.2, 0) is 19.6 Å². The van der Waals surface area contributed by atoms with E-state index < -0.39 is 52.1 Å². The minimum atomic E-state index is -5.10. The number of aliphatic hydroxyl groups excluding tert-OH is 3. The lowest BCUT2D eigenvalue weighted by molar-refractivity contribution is -0.268. The van der Waals surface area contributed by atoms with Gasteiger partial charge >= 0.3 is 10.1 Å². The topological polar surface area (TPSA) is 174 Å². The van der Waals surface area contributed by atoms with Crippen molar-refractivity contribution < 1.29 is 42.9 Å². The highest BCUT2D eigenvalue weighted by atomic mass is 32.2.